The number of carbonyl (C=O) groups excluding carboxylic acids is 1. The van der Waals surface area contributed by atoms with Gasteiger partial charge in [0.15, 0.2) is 11.7 Å². The molecule has 156 valence electrons. The Morgan fingerprint density at radius 1 is 1.07 bits per heavy atom. The van der Waals surface area contributed by atoms with E-state index >= 15 is 0 Å². The number of ether oxygens (including phenoxy) is 1. The minimum absolute atomic E-state index is 0. The van der Waals surface area contributed by atoms with Crippen LogP contribution in [0.2, 0.25) is 0 Å². The normalized spacial score (nSPS) is 10.8. The lowest BCUT2D eigenvalue weighted by Crippen LogP contribution is -2.39. The van der Waals surface area contributed by atoms with Gasteiger partial charge in [-0.15, -0.1) is 12.4 Å². The predicted octanol–water partition coefficient (Wildman–Crippen LogP) is 4.62. The highest BCUT2D eigenvalue weighted by Gasteiger charge is 2.21. The van der Waals surface area contributed by atoms with Gasteiger partial charge in [0.1, 0.15) is 5.75 Å². The largest absolute Gasteiger partial charge is 0.483 e. The number of aromatic nitrogens is 1. The lowest BCUT2D eigenvalue weighted by atomic mass is 10.1. The summed E-state index contributed by atoms with van der Waals surface area (Å²) in [7, 11) is 4.00. The Labute approximate surface area is 182 Å². The molecule has 0 radical (unpaired) electrons. The molecule has 1 heterocycles. The van der Waals surface area contributed by atoms with Gasteiger partial charge >= 0.3 is 0 Å². The number of anilines is 1. The Hall–Kier alpha value is -2.15. The van der Waals surface area contributed by atoms with Gasteiger partial charge in [-0.1, -0.05) is 35.6 Å². The van der Waals surface area contributed by atoms with Crippen molar-refractivity contribution < 1.29 is 9.53 Å². The lowest BCUT2D eigenvalue weighted by molar-refractivity contribution is -0.120. The number of hydrogen-bond acceptors (Lipinski definition) is 5. The van der Waals surface area contributed by atoms with E-state index in [0.717, 1.165) is 38.8 Å². The number of para-hydroxylation sites is 1. The summed E-state index contributed by atoms with van der Waals surface area (Å²) in [5.41, 5.74) is 4.32. The third-order valence-corrected chi connectivity index (χ3v) is 5.59. The summed E-state index contributed by atoms with van der Waals surface area (Å²) in [5.74, 6) is 0.651. The lowest BCUT2D eigenvalue weighted by Gasteiger charge is -2.22. The second-order valence-electron chi connectivity index (χ2n) is 7.33. The number of likely N-dealkylation sites (N-methyl/N-ethyl adjacent to an activating group) is 1. The minimum atomic E-state index is -0.0847. The van der Waals surface area contributed by atoms with E-state index in [2.05, 4.69) is 30.9 Å². The molecule has 0 atom stereocenters. The van der Waals surface area contributed by atoms with Crippen molar-refractivity contribution in [3.05, 3.63) is 53.1 Å². The molecule has 5 nitrogen and oxygen atoms in total. The van der Waals surface area contributed by atoms with E-state index in [1.807, 2.05) is 45.3 Å². The summed E-state index contributed by atoms with van der Waals surface area (Å²) < 4.78 is 6.90. The van der Waals surface area contributed by atoms with Crippen molar-refractivity contribution in [1.82, 2.24) is 9.88 Å². The maximum atomic E-state index is 13.0. The van der Waals surface area contributed by atoms with Crippen LogP contribution < -0.4 is 9.64 Å². The molecule has 29 heavy (non-hydrogen) atoms. The fraction of sp³-hybridized carbons (Fsp3) is 0.364. The highest BCUT2D eigenvalue weighted by molar-refractivity contribution is 7.22. The van der Waals surface area contributed by atoms with E-state index in [1.54, 1.807) is 16.2 Å². The van der Waals surface area contributed by atoms with E-state index < -0.39 is 0 Å². The molecule has 0 aliphatic rings. The van der Waals surface area contributed by atoms with Crippen LogP contribution in [0.3, 0.4) is 0 Å². The van der Waals surface area contributed by atoms with E-state index in [9.17, 15) is 4.79 Å². The second kappa shape index (κ2) is 10.1. The molecule has 0 aliphatic heterocycles. The Kier molecular flexibility index (Phi) is 8.02. The Morgan fingerprint density at radius 2 is 1.79 bits per heavy atom. The molecule has 0 aliphatic carbocycles. The fourth-order valence-electron chi connectivity index (χ4n) is 3.04. The molecule has 1 aromatic heterocycles. The molecule has 0 unspecified atom stereocenters. The molecule has 3 rings (SSSR count). The van der Waals surface area contributed by atoms with Crippen molar-refractivity contribution in [3.63, 3.8) is 0 Å². The first kappa shape index (κ1) is 23.1. The van der Waals surface area contributed by atoms with Gasteiger partial charge in [0, 0.05) is 13.1 Å². The van der Waals surface area contributed by atoms with Crippen LogP contribution in [0.4, 0.5) is 5.13 Å². The van der Waals surface area contributed by atoms with Gasteiger partial charge in [0.2, 0.25) is 0 Å². The summed E-state index contributed by atoms with van der Waals surface area (Å²) in [4.78, 5) is 21.6. The first-order valence-electron chi connectivity index (χ1n) is 9.36. The van der Waals surface area contributed by atoms with E-state index in [1.165, 1.54) is 5.56 Å². The highest BCUT2D eigenvalue weighted by Crippen LogP contribution is 2.31. The molecule has 1 amide bonds. The quantitative estimate of drug-likeness (QED) is 0.545. The Balaban J connectivity index is 0.00000300. The molecule has 0 bridgehead atoms. The molecular formula is C22H28ClN3O2S. The molecule has 0 saturated carbocycles. The van der Waals surface area contributed by atoms with Gasteiger partial charge in [0.25, 0.3) is 5.91 Å². The van der Waals surface area contributed by atoms with Crippen LogP contribution in [0.1, 0.15) is 16.7 Å². The molecule has 3 aromatic rings. The third kappa shape index (κ3) is 5.69. The van der Waals surface area contributed by atoms with E-state index in [0.29, 0.717) is 6.54 Å². The molecule has 2 aromatic carbocycles. The van der Waals surface area contributed by atoms with Crippen LogP contribution >= 0.6 is 23.7 Å². The average Bonchev–Trinajstić information content (AvgIpc) is 3.05. The maximum absolute atomic E-state index is 13.0. The summed E-state index contributed by atoms with van der Waals surface area (Å²) >= 11 is 1.56. The second-order valence-corrected chi connectivity index (χ2v) is 8.34. The third-order valence-electron chi connectivity index (χ3n) is 4.57. The molecule has 0 spiro atoms. The average molecular weight is 434 g/mol. The number of carbonyl (C=O) groups is 1. The van der Waals surface area contributed by atoms with Gasteiger partial charge in [-0.3, -0.25) is 9.69 Å². The fourth-order valence-corrected chi connectivity index (χ4v) is 4.22. The Bertz CT molecular complexity index is 987. The van der Waals surface area contributed by atoms with Gasteiger partial charge < -0.3 is 9.64 Å². The zero-order valence-corrected chi connectivity index (χ0v) is 19.2. The number of thiazole rings is 1. The van der Waals surface area contributed by atoms with Crippen molar-refractivity contribution in [2.45, 2.75) is 20.8 Å². The molecule has 7 heteroatoms. The van der Waals surface area contributed by atoms with Crippen molar-refractivity contribution in [2.75, 3.05) is 38.7 Å². The van der Waals surface area contributed by atoms with Crippen LogP contribution in [0.5, 0.6) is 5.75 Å². The first-order valence-corrected chi connectivity index (χ1v) is 10.2. The van der Waals surface area contributed by atoms with Crippen LogP contribution in [0.15, 0.2) is 36.4 Å². The zero-order chi connectivity index (χ0) is 20.3. The van der Waals surface area contributed by atoms with Crippen molar-refractivity contribution >= 4 is 45.0 Å². The topological polar surface area (TPSA) is 45.7 Å². The minimum Gasteiger partial charge on any atom is -0.483 e. The molecule has 0 N–H and O–H groups in total. The van der Waals surface area contributed by atoms with Crippen molar-refractivity contribution in [3.8, 4) is 5.75 Å². The van der Waals surface area contributed by atoms with Gasteiger partial charge in [-0.05, 0) is 63.7 Å². The van der Waals surface area contributed by atoms with Gasteiger partial charge in [0.05, 0.1) is 10.2 Å². The van der Waals surface area contributed by atoms with Crippen LogP contribution in [-0.2, 0) is 4.79 Å². The van der Waals surface area contributed by atoms with Gasteiger partial charge in [-0.2, -0.15) is 0 Å². The van der Waals surface area contributed by atoms with E-state index in [-0.39, 0.29) is 24.9 Å². The number of hydrogen-bond donors (Lipinski definition) is 0. The summed E-state index contributed by atoms with van der Waals surface area (Å²) in [5, 5.41) is 0.726. The van der Waals surface area contributed by atoms with Crippen molar-refractivity contribution in [1.29, 1.82) is 0 Å². The number of halogens is 1. The molecule has 0 fully saturated rings. The summed E-state index contributed by atoms with van der Waals surface area (Å²) in [6.07, 6.45) is 0. The number of amides is 1. The van der Waals surface area contributed by atoms with Crippen LogP contribution in [0.25, 0.3) is 10.2 Å². The molecular weight excluding hydrogens is 406 g/mol. The maximum Gasteiger partial charge on any atom is 0.266 e. The number of fused-ring (bicyclic) bond motifs is 1. The number of rotatable bonds is 7. The highest BCUT2D eigenvalue weighted by atomic mass is 35.5. The molecule has 0 saturated heterocycles. The van der Waals surface area contributed by atoms with Gasteiger partial charge in [-0.25, -0.2) is 4.98 Å². The standard InChI is InChI=1S/C22H27N3O2S.ClH/c1-15-12-17(3)21-19(13-15)28-22(23-21)25(11-10-24(4)5)20(26)14-27-18-9-7-6-8-16(18)2;/h6-9,12-13H,10-11,14H2,1-5H3;1H. The van der Waals surface area contributed by atoms with E-state index in [4.69, 9.17) is 9.72 Å². The predicted molar refractivity (Wildman–Crippen MR) is 124 cm³/mol. The first-order chi connectivity index (χ1) is 13.3. The van der Waals surface area contributed by atoms with Crippen molar-refractivity contribution in [2.24, 2.45) is 0 Å². The number of benzene rings is 2. The smallest absolute Gasteiger partial charge is 0.266 e. The summed E-state index contributed by atoms with van der Waals surface area (Å²) in [6, 6.07) is 12.0. The summed E-state index contributed by atoms with van der Waals surface area (Å²) in [6.45, 7) is 7.43. The number of aryl methyl sites for hydroxylation is 3. The number of nitrogens with zero attached hydrogens (tertiary/aromatic N) is 3. The SMILES string of the molecule is Cc1cc(C)c2nc(N(CCN(C)C)C(=O)COc3ccccc3C)sc2c1.Cl. The van der Waals surface area contributed by atoms with Crippen LogP contribution in [-0.4, -0.2) is 49.6 Å². The zero-order valence-electron chi connectivity index (χ0n) is 17.6. The van der Waals surface area contributed by atoms with Crippen LogP contribution in [0, 0.1) is 20.8 Å². The monoisotopic (exact) mass is 433 g/mol. The Morgan fingerprint density at radius 3 is 2.48 bits per heavy atom.